The molecule has 1 aliphatic carbocycles. The first-order valence-electron chi connectivity index (χ1n) is 6.42. The van der Waals surface area contributed by atoms with Crippen molar-refractivity contribution in [2.24, 2.45) is 5.92 Å². The van der Waals surface area contributed by atoms with Crippen LogP contribution in [0.2, 0.25) is 6.04 Å². The smallest absolute Gasteiger partial charge is 0.145 e. The lowest BCUT2D eigenvalue weighted by molar-refractivity contribution is 0.247. The van der Waals surface area contributed by atoms with Gasteiger partial charge in [-0.2, -0.15) is 0 Å². The van der Waals surface area contributed by atoms with Crippen molar-refractivity contribution in [1.82, 2.24) is 0 Å². The van der Waals surface area contributed by atoms with Crippen LogP contribution in [-0.2, 0) is 4.74 Å². The molecule has 90 valence electrons. The van der Waals surface area contributed by atoms with Crippen LogP contribution in [0.4, 0.5) is 0 Å². The van der Waals surface area contributed by atoms with Gasteiger partial charge in [-0.15, -0.1) is 0 Å². The summed E-state index contributed by atoms with van der Waals surface area (Å²) < 4.78 is 10.9. The molecule has 0 saturated heterocycles. The fourth-order valence-electron chi connectivity index (χ4n) is 2.82. The van der Waals surface area contributed by atoms with Crippen molar-refractivity contribution in [3.05, 3.63) is 18.4 Å². The van der Waals surface area contributed by atoms with E-state index in [1.807, 2.05) is 13.2 Å². The summed E-state index contributed by atoms with van der Waals surface area (Å²) in [6, 6.07) is 5.51. The number of rotatable bonds is 5. The summed E-state index contributed by atoms with van der Waals surface area (Å²) in [5.74, 6) is 0.936. The fraction of sp³-hybridized carbons (Fsp3) is 0.692. The Morgan fingerprint density at radius 1 is 1.38 bits per heavy atom. The summed E-state index contributed by atoms with van der Waals surface area (Å²) in [5.41, 5.74) is 0. The molecule has 1 fully saturated rings. The van der Waals surface area contributed by atoms with Gasteiger partial charge >= 0.3 is 0 Å². The van der Waals surface area contributed by atoms with Gasteiger partial charge in [0.1, 0.15) is 8.80 Å². The van der Waals surface area contributed by atoms with Crippen LogP contribution in [0.15, 0.2) is 22.8 Å². The third kappa shape index (κ3) is 3.22. The van der Waals surface area contributed by atoms with Gasteiger partial charge in [0.15, 0.2) is 0 Å². The SMILES string of the molecule is COC[SiH](CC1CCCCC1)c1ccco1. The molecule has 1 unspecified atom stereocenters. The molecule has 2 rings (SSSR count). The minimum Gasteiger partial charge on any atom is -0.475 e. The molecule has 0 aliphatic heterocycles. The van der Waals surface area contributed by atoms with Crippen molar-refractivity contribution in [1.29, 1.82) is 0 Å². The molecule has 1 heterocycles. The minimum atomic E-state index is -1.01. The molecule has 0 radical (unpaired) electrons. The average Bonchev–Trinajstić information content (AvgIpc) is 2.83. The van der Waals surface area contributed by atoms with Gasteiger partial charge in [0.25, 0.3) is 0 Å². The van der Waals surface area contributed by atoms with E-state index in [2.05, 4.69) is 6.07 Å². The highest BCUT2D eigenvalue weighted by molar-refractivity contribution is 6.72. The zero-order chi connectivity index (χ0) is 11.2. The first kappa shape index (κ1) is 11.9. The van der Waals surface area contributed by atoms with Crippen LogP contribution >= 0.6 is 0 Å². The maximum Gasteiger partial charge on any atom is 0.145 e. The average molecular weight is 238 g/mol. The van der Waals surface area contributed by atoms with E-state index >= 15 is 0 Å². The predicted molar refractivity (Wildman–Crippen MR) is 68.7 cm³/mol. The number of furan rings is 1. The van der Waals surface area contributed by atoms with Gasteiger partial charge in [-0.05, 0) is 24.1 Å². The molecule has 0 bridgehead atoms. The predicted octanol–water partition coefficient (Wildman–Crippen LogP) is 2.48. The largest absolute Gasteiger partial charge is 0.475 e. The number of hydrogen-bond acceptors (Lipinski definition) is 2. The number of ether oxygens (including phenoxy) is 1. The van der Waals surface area contributed by atoms with Crippen LogP contribution < -0.4 is 5.38 Å². The van der Waals surface area contributed by atoms with Crippen molar-refractivity contribution in [3.8, 4) is 0 Å². The first-order chi connectivity index (χ1) is 7.90. The Hall–Kier alpha value is -0.543. The van der Waals surface area contributed by atoms with Crippen molar-refractivity contribution >= 4 is 14.2 Å². The van der Waals surface area contributed by atoms with E-state index in [1.165, 1.54) is 43.5 Å². The maximum atomic E-state index is 5.57. The second-order valence-electron chi connectivity index (χ2n) is 4.91. The molecule has 2 nitrogen and oxygen atoms in total. The molecular formula is C13H22O2Si. The van der Waals surface area contributed by atoms with E-state index in [4.69, 9.17) is 9.15 Å². The van der Waals surface area contributed by atoms with Crippen LogP contribution in [0, 0.1) is 5.92 Å². The van der Waals surface area contributed by atoms with Crippen LogP contribution in [-0.4, -0.2) is 22.1 Å². The van der Waals surface area contributed by atoms with Crippen LogP contribution in [0.3, 0.4) is 0 Å². The highest BCUT2D eigenvalue weighted by atomic mass is 28.3. The normalized spacial score (nSPS) is 19.8. The lowest BCUT2D eigenvalue weighted by Crippen LogP contribution is -2.36. The third-order valence-corrected chi connectivity index (χ3v) is 6.76. The molecule has 0 N–H and O–H groups in total. The van der Waals surface area contributed by atoms with E-state index in [-0.39, 0.29) is 0 Å². The zero-order valence-electron chi connectivity index (χ0n) is 10.2. The molecule has 16 heavy (non-hydrogen) atoms. The highest BCUT2D eigenvalue weighted by Crippen LogP contribution is 2.27. The Labute approximate surface area is 99.6 Å². The van der Waals surface area contributed by atoms with Crippen molar-refractivity contribution in [2.45, 2.75) is 38.1 Å². The minimum absolute atomic E-state index is 0.921. The third-order valence-electron chi connectivity index (χ3n) is 3.66. The molecule has 0 amide bonds. The van der Waals surface area contributed by atoms with E-state index in [1.54, 1.807) is 6.26 Å². The molecule has 0 spiro atoms. The summed E-state index contributed by atoms with van der Waals surface area (Å²) in [6.07, 6.45) is 9.86. The van der Waals surface area contributed by atoms with Gasteiger partial charge in [-0.25, -0.2) is 0 Å². The quantitative estimate of drug-likeness (QED) is 0.735. The lowest BCUT2D eigenvalue weighted by atomic mass is 9.91. The van der Waals surface area contributed by atoms with E-state index in [0.29, 0.717) is 0 Å². The number of hydrogen-bond donors (Lipinski definition) is 0. The Morgan fingerprint density at radius 2 is 2.19 bits per heavy atom. The molecule has 3 heteroatoms. The lowest BCUT2D eigenvalue weighted by Gasteiger charge is -2.24. The Balaban J connectivity index is 1.91. The Bertz CT molecular complexity index is 278. The number of methoxy groups -OCH3 is 1. The Morgan fingerprint density at radius 3 is 2.81 bits per heavy atom. The van der Waals surface area contributed by atoms with Gasteiger partial charge in [0.05, 0.1) is 11.6 Å². The molecule has 1 saturated carbocycles. The summed E-state index contributed by atoms with van der Waals surface area (Å²) in [5, 5.41) is 1.23. The van der Waals surface area contributed by atoms with Crippen molar-refractivity contribution < 1.29 is 9.15 Å². The molecule has 1 aromatic heterocycles. The Kier molecular flexibility index (Phi) is 4.66. The molecule has 1 aromatic rings. The first-order valence-corrected chi connectivity index (χ1v) is 8.63. The van der Waals surface area contributed by atoms with Gasteiger partial charge in [0, 0.05) is 13.3 Å². The van der Waals surface area contributed by atoms with Crippen LogP contribution in [0.1, 0.15) is 32.1 Å². The van der Waals surface area contributed by atoms with E-state index in [0.717, 1.165) is 12.1 Å². The zero-order valence-corrected chi connectivity index (χ0v) is 11.3. The van der Waals surface area contributed by atoms with Gasteiger partial charge in [-0.1, -0.05) is 32.1 Å². The monoisotopic (exact) mass is 238 g/mol. The van der Waals surface area contributed by atoms with Crippen molar-refractivity contribution in [3.63, 3.8) is 0 Å². The van der Waals surface area contributed by atoms with Gasteiger partial charge in [-0.3, -0.25) is 0 Å². The standard InChI is InChI=1S/C13H22O2Si/c1-14-11-16(13-8-5-9-15-13)10-12-6-3-2-4-7-12/h5,8-9,12,16H,2-4,6-7,10-11H2,1H3. The summed E-state index contributed by atoms with van der Waals surface area (Å²) in [4.78, 5) is 0. The maximum absolute atomic E-state index is 5.57. The molecule has 1 atom stereocenters. The van der Waals surface area contributed by atoms with Gasteiger partial charge < -0.3 is 9.15 Å². The molecule has 0 aromatic carbocycles. The van der Waals surface area contributed by atoms with E-state index < -0.39 is 8.80 Å². The second-order valence-corrected chi connectivity index (χ2v) is 7.68. The van der Waals surface area contributed by atoms with Crippen LogP contribution in [0.5, 0.6) is 0 Å². The second kappa shape index (κ2) is 6.26. The summed E-state index contributed by atoms with van der Waals surface area (Å²) in [7, 11) is 0.804. The molecular weight excluding hydrogens is 216 g/mol. The highest BCUT2D eigenvalue weighted by Gasteiger charge is 2.23. The van der Waals surface area contributed by atoms with Crippen molar-refractivity contribution in [2.75, 3.05) is 13.3 Å². The fourth-order valence-corrected chi connectivity index (χ4v) is 5.68. The summed E-state index contributed by atoms with van der Waals surface area (Å²) >= 11 is 0. The topological polar surface area (TPSA) is 22.4 Å². The molecule has 1 aliphatic rings. The van der Waals surface area contributed by atoms with Crippen LogP contribution in [0.25, 0.3) is 0 Å². The summed E-state index contributed by atoms with van der Waals surface area (Å²) in [6.45, 7) is 0. The van der Waals surface area contributed by atoms with E-state index in [9.17, 15) is 0 Å². The van der Waals surface area contributed by atoms with Gasteiger partial charge in [0.2, 0.25) is 0 Å².